The lowest BCUT2D eigenvalue weighted by molar-refractivity contribution is -0.120. The highest BCUT2D eigenvalue weighted by Gasteiger charge is 2.35. The van der Waals surface area contributed by atoms with Gasteiger partial charge in [-0.15, -0.1) is 0 Å². The van der Waals surface area contributed by atoms with Crippen molar-refractivity contribution in [3.05, 3.63) is 47.0 Å². The number of nitrogens with one attached hydrogen (secondary N) is 1. The topological polar surface area (TPSA) is 113 Å². The maximum Gasteiger partial charge on any atom is 0.246 e. The molecule has 1 aliphatic rings. The van der Waals surface area contributed by atoms with Crippen LogP contribution in [-0.4, -0.2) is 65.6 Å². The van der Waals surface area contributed by atoms with Gasteiger partial charge in [-0.2, -0.15) is 4.31 Å². The van der Waals surface area contributed by atoms with Crippen LogP contribution in [0.3, 0.4) is 0 Å². The lowest BCUT2D eigenvalue weighted by atomic mass is 9.98. The Kier molecular flexibility index (Phi) is 7.93. The van der Waals surface area contributed by atoms with Crippen molar-refractivity contribution in [3.63, 3.8) is 0 Å². The minimum atomic E-state index is -3.95. The number of halogens is 1. The molecule has 0 bridgehead atoms. The molecule has 12 heteroatoms. The van der Waals surface area contributed by atoms with Crippen molar-refractivity contribution in [1.29, 1.82) is 0 Å². The molecule has 3 rings (SSSR count). The van der Waals surface area contributed by atoms with E-state index in [2.05, 4.69) is 5.32 Å². The second kappa shape index (κ2) is 10.2. The molecule has 1 N–H and O–H groups in total. The molecule has 0 aromatic heterocycles. The fraction of sp³-hybridized carbons (Fsp3) is 0.409. The highest BCUT2D eigenvalue weighted by Crippen LogP contribution is 2.32. The quantitative estimate of drug-likeness (QED) is 0.590. The third-order valence-corrected chi connectivity index (χ3v) is 9.68. The lowest BCUT2D eigenvalue weighted by Gasteiger charge is -2.31. The number of amides is 1. The number of carbonyl (C=O) groups excluding carboxylic acids is 1. The van der Waals surface area contributed by atoms with Gasteiger partial charge in [0.2, 0.25) is 26.0 Å². The molecule has 1 aliphatic heterocycles. The van der Waals surface area contributed by atoms with Crippen LogP contribution in [0.5, 0.6) is 5.75 Å². The summed E-state index contributed by atoms with van der Waals surface area (Å²) in [4.78, 5) is 13.1. The summed E-state index contributed by atoms with van der Waals surface area (Å²) in [7, 11) is -3.39. The third kappa shape index (κ3) is 5.38. The van der Waals surface area contributed by atoms with Gasteiger partial charge in [-0.25, -0.2) is 21.1 Å². The number of benzene rings is 2. The molecule has 0 unspecified atom stereocenters. The van der Waals surface area contributed by atoms with Crippen LogP contribution in [0.4, 0.5) is 5.69 Å². The van der Waals surface area contributed by atoms with E-state index in [9.17, 15) is 21.6 Å². The monoisotopic (exact) mass is 529 g/mol. The first-order valence-corrected chi connectivity index (χ1v) is 13.8. The van der Waals surface area contributed by atoms with Gasteiger partial charge in [0.15, 0.2) is 0 Å². The zero-order valence-electron chi connectivity index (χ0n) is 19.4. The molecule has 1 amide bonds. The van der Waals surface area contributed by atoms with E-state index in [0.29, 0.717) is 24.1 Å². The maximum atomic E-state index is 13.3. The third-order valence-electron chi connectivity index (χ3n) is 5.74. The van der Waals surface area contributed by atoms with E-state index in [1.807, 2.05) is 0 Å². The Morgan fingerprint density at radius 2 is 1.85 bits per heavy atom. The molecule has 0 aliphatic carbocycles. The molecule has 1 heterocycles. The molecular formula is C22H28ClN3O6S2. The highest BCUT2D eigenvalue weighted by atomic mass is 35.5. The number of aryl methyl sites for hydroxylation is 1. The summed E-state index contributed by atoms with van der Waals surface area (Å²) in [6, 6.07) is 8.87. The van der Waals surface area contributed by atoms with Crippen molar-refractivity contribution < 1.29 is 26.4 Å². The number of carbonyl (C=O) groups is 1. The van der Waals surface area contributed by atoms with Gasteiger partial charge in [-0.3, -0.25) is 4.79 Å². The van der Waals surface area contributed by atoms with E-state index >= 15 is 0 Å². The molecule has 34 heavy (non-hydrogen) atoms. The van der Waals surface area contributed by atoms with Gasteiger partial charge >= 0.3 is 0 Å². The van der Waals surface area contributed by atoms with Crippen molar-refractivity contribution in [2.24, 2.45) is 5.92 Å². The number of nitrogens with zero attached hydrogens (tertiary/aromatic N) is 2. The lowest BCUT2D eigenvalue weighted by Crippen LogP contribution is -2.43. The van der Waals surface area contributed by atoms with Crippen LogP contribution in [0, 0.1) is 12.8 Å². The zero-order valence-corrected chi connectivity index (χ0v) is 21.8. The Hall–Kier alpha value is -2.18. The summed E-state index contributed by atoms with van der Waals surface area (Å²) in [5, 5.41) is 3.04. The second-order valence-corrected chi connectivity index (χ2v) is 12.7. The van der Waals surface area contributed by atoms with E-state index in [4.69, 9.17) is 16.3 Å². The van der Waals surface area contributed by atoms with E-state index < -0.39 is 26.0 Å². The molecule has 2 aromatic carbocycles. The summed E-state index contributed by atoms with van der Waals surface area (Å²) in [5.74, 6) is -0.812. The Morgan fingerprint density at radius 1 is 1.15 bits per heavy atom. The second-order valence-electron chi connectivity index (χ2n) is 8.25. The minimum Gasteiger partial charge on any atom is -0.495 e. The average Bonchev–Trinajstić information content (AvgIpc) is 2.80. The Balaban J connectivity index is 1.83. The van der Waals surface area contributed by atoms with Crippen LogP contribution < -0.4 is 10.1 Å². The Labute approximate surface area is 205 Å². The van der Waals surface area contributed by atoms with Gasteiger partial charge in [0.1, 0.15) is 10.6 Å². The first-order chi connectivity index (χ1) is 15.9. The van der Waals surface area contributed by atoms with Crippen LogP contribution in [-0.2, 0) is 24.8 Å². The maximum absolute atomic E-state index is 13.3. The minimum absolute atomic E-state index is 0.0153. The average molecular weight is 530 g/mol. The van der Waals surface area contributed by atoms with Crippen LogP contribution in [0.1, 0.15) is 18.4 Å². The van der Waals surface area contributed by atoms with Crippen LogP contribution in [0.25, 0.3) is 0 Å². The zero-order chi connectivity index (χ0) is 25.3. The Morgan fingerprint density at radius 3 is 2.50 bits per heavy atom. The smallest absolute Gasteiger partial charge is 0.246 e. The van der Waals surface area contributed by atoms with Crippen molar-refractivity contribution in [2.45, 2.75) is 29.6 Å². The van der Waals surface area contributed by atoms with Crippen molar-refractivity contribution in [1.82, 2.24) is 8.61 Å². The molecule has 9 nitrogen and oxygen atoms in total. The number of piperidine rings is 1. The van der Waals surface area contributed by atoms with Crippen molar-refractivity contribution in [3.8, 4) is 5.75 Å². The molecular weight excluding hydrogens is 502 g/mol. The molecule has 1 saturated heterocycles. The molecule has 0 saturated carbocycles. The normalized spacial score (nSPS) is 17.5. The van der Waals surface area contributed by atoms with E-state index in [0.717, 1.165) is 4.31 Å². The SMILES string of the molecule is COc1ccc(Cl)cc1S(=O)(=O)N1CCC[C@H](C(=O)Nc2cc(S(=O)(=O)N(C)C)ccc2C)C1. The fourth-order valence-corrected chi connectivity index (χ4v) is 6.58. The fourth-order valence-electron chi connectivity index (χ4n) is 3.71. The van der Waals surface area contributed by atoms with Gasteiger partial charge in [0.05, 0.1) is 17.9 Å². The number of hydrogen-bond donors (Lipinski definition) is 1. The molecule has 2 aromatic rings. The molecule has 0 spiro atoms. The summed E-state index contributed by atoms with van der Waals surface area (Å²) in [6.07, 6.45) is 0.994. The van der Waals surface area contributed by atoms with Gasteiger partial charge in [0, 0.05) is 37.9 Å². The summed E-state index contributed by atoms with van der Waals surface area (Å²) >= 11 is 6.02. The van der Waals surface area contributed by atoms with Gasteiger partial charge < -0.3 is 10.1 Å². The van der Waals surface area contributed by atoms with E-state index in [1.165, 1.54) is 49.8 Å². The number of ether oxygens (including phenoxy) is 1. The first kappa shape index (κ1) is 26.4. The van der Waals surface area contributed by atoms with Crippen molar-refractivity contribution >= 4 is 43.2 Å². The van der Waals surface area contributed by atoms with Crippen LogP contribution >= 0.6 is 11.6 Å². The first-order valence-electron chi connectivity index (χ1n) is 10.6. The van der Waals surface area contributed by atoms with Crippen LogP contribution in [0.15, 0.2) is 46.2 Å². The predicted molar refractivity (Wildman–Crippen MR) is 130 cm³/mol. The number of methoxy groups -OCH3 is 1. The van der Waals surface area contributed by atoms with Gasteiger partial charge in [-0.05, 0) is 55.7 Å². The number of sulfonamides is 2. The number of rotatable bonds is 7. The van der Waals surface area contributed by atoms with E-state index in [1.54, 1.807) is 19.1 Å². The molecule has 186 valence electrons. The number of hydrogen-bond acceptors (Lipinski definition) is 6. The molecule has 1 fully saturated rings. The van der Waals surface area contributed by atoms with Crippen molar-refractivity contribution in [2.75, 3.05) is 39.6 Å². The number of anilines is 1. The van der Waals surface area contributed by atoms with Gasteiger partial charge in [0.25, 0.3) is 0 Å². The molecule has 0 radical (unpaired) electrons. The summed E-state index contributed by atoms with van der Waals surface area (Å²) in [6.45, 7) is 2.00. The predicted octanol–water partition coefficient (Wildman–Crippen LogP) is 2.95. The summed E-state index contributed by atoms with van der Waals surface area (Å²) in [5.41, 5.74) is 1.06. The largest absolute Gasteiger partial charge is 0.495 e. The van der Waals surface area contributed by atoms with Gasteiger partial charge in [-0.1, -0.05) is 17.7 Å². The highest BCUT2D eigenvalue weighted by molar-refractivity contribution is 7.89. The summed E-state index contributed by atoms with van der Waals surface area (Å²) < 4.78 is 59.1. The standard InChI is InChI=1S/C22H28ClN3O6S2/c1-15-7-9-18(33(28,29)25(2)3)13-19(15)24-22(27)16-6-5-11-26(14-16)34(30,31)21-12-17(23)8-10-20(21)32-4/h7-10,12-13,16H,5-6,11,14H2,1-4H3,(H,24,27)/t16-/m0/s1. The van der Waals surface area contributed by atoms with E-state index in [-0.39, 0.29) is 39.6 Å². The Bertz CT molecular complexity index is 1300. The molecule has 1 atom stereocenters. The van der Waals surface area contributed by atoms with Crippen LogP contribution in [0.2, 0.25) is 5.02 Å².